The van der Waals surface area contributed by atoms with Gasteiger partial charge in [0.05, 0.1) is 13.1 Å². The average Bonchev–Trinajstić information content (AvgIpc) is 3.09. The molecule has 4 atom stereocenters. The third-order valence-corrected chi connectivity index (χ3v) is 8.51. The fraction of sp³-hybridized carbons (Fsp3) is 0.913. The van der Waals surface area contributed by atoms with Crippen molar-refractivity contribution in [1.29, 1.82) is 0 Å². The van der Waals surface area contributed by atoms with Crippen LogP contribution < -0.4 is 10.6 Å². The molecule has 4 aliphatic carbocycles. The summed E-state index contributed by atoms with van der Waals surface area (Å²) in [5, 5.41) is 6.52. The standard InChI is InChI=1S/C23H37ClN4O2/c1-21(2,3)25-19(29)12-27-10-18-5-17(27)11-28(18)13-20(30)26-23-8-15-4-16(9-23)7-22(24,6-15)14-23/h15-18H,4-14H2,1-3H3,(H,25,29)(H,26,30)/t15?,16?,17-,18-,22?,23?/m0/s1. The number of carbonyl (C=O) groups excluding carboxylic acids is 2. The van der Waals surface area contributed by atoms with Gasteiger partial charge in [-0.15, -0.1) is 11.6 Å². The van der Waals surface area contributed by atoms with Crippen molar-refractivity contribution < 1.29 is 9.59 Å². The van der Waals surface area contributed by atoms with E-state index >= 15 is 0 Å². The zero-order valence-electron chi connectivity index (χ0n) is 18.7. The van der Waals surface area contributed by atoms with Crippen molar-refractivity contribution in [3.05, 3.63) is 0 Å². The zero-order valence-corrected chi connectivity index (χ0v) is 19.4. The molecule has 0 aromatic rings. The molecule has 6 bridgehead atoms. The van der Waals surface area contributed by atoms with Crippen LogP contribution in [0.25, 0.3) is 0 Å². The normalized spacial score (nSPS) is 42.7. The van der Waals surface area contributed by atoms with Gasteiger partial charge < -0.3 is 10.6 Å². The molecule has 6 fully saturated rings. The molecule has 0 spiro atoms. The molecule has 7 heteroatoms. The van der Waals surface area contributed by atoms with Gasteiger partial charge in [0.1, 0.15) is 0 Å². The third-order valence-electron chi connectivity index (χ3n) is 8.07. The van der Waals surface area contributed by atoms with Gasteiger partial charge in [0.2, 0.25) is 11.8 Å². The summed E-state index contributed by atoms with van der Waals surface area (Å²) in [4.78, 5) is 29.8. The van der Waals surface area contributed by atoms with E-state index in [2.05, 4.69) is 20.4 Å². The second-order valence-corrected chi connectivity index (χ2v) is 12.9. The topological polar surface area (TPSA) is 64.7 Å². The maximum absolute atomic E-state index is 13.0. The smallest absolute Gasteiger partial charge is 0.234 e. The van der Waals surface area contributed by atoms with Gasteiger partial charge in [0, 0.05) is 41.1 Å². The number of alkyl halides is 1. The molecule has 2 saturated heterocycles. The molecule has 2 N–H and O–H groups in total. The predicted octanol–water partition coefficient (Wildman–Crippen LogP) is 2.11. The Balaban J connectivity index is 1.13. The molecule has 2 amide bonds. The lowest BCUT2D eigenvalue weighted by atomic mass is 9.52. The number of rotatable bonds is 5. The molecular formula is C23H37ClN4O2. The van der Waals surface area contributed by atoms with Gasteiger partial charge >= 0.3 is 0 Å². The molecule has 0 aromatic carbocycles. The van der Waals surface area contributed by atoms with Gasteiger partial charge in [0.25, 0.3) is 0 Å². The van der Waals surface area contributed by atoms with Crippen molar-refractivity contribution >= 4 is 23.4 Å². The number of halogens is 1. The second-order valence-electron chi connectivity index (χ2n) is 12.1. The first kappa shape index (κ1) is 21.0. The Morgan fingerprint density at radius 2 is 1.50 bits per heavy atom. The second kappa shape index (κ2) is 7.08. The highest BCUT2D eigenvalue weighted by Crippen LogP contribution is 2.60. The lowest BCUT2D eigenvalue weighted by molar-refractivity contribution is -0.129. The maximum Gasteiger partial charge on any atom is 0.234 e. The number of piperazine rings is 1. The predicted molar refractivity (Wildman–Crippen MR) is 117 cm³/mol. The SMILES string of the molecule is CC(C)(C)NC(=O)CN1C[C@@H]2C[C@H]1CN2CC(=O)NC12CC3CC(CC(Cl)(C3)C1)C2. The summed E-state index contributed by atoms with van der Waals surface area (Å²) in [5.41, 5.74) is -0.252. The summed E-state index contributed by atoms with van der Waals surface area (Å²) in [6.45, 7) is 8.75. The Kier molecular flexibility index (Phi) is 4.96. The van der Waals surface area contributed by atoms with E-state index in [0.29, 0.717) is 37.0 Å². The monoisotopic (exact) mass is 436 g/mol. The number of fused-ring (bicyclic) bond motifs is 2. The number of hydrogen-bond donors (Lipinski definition) is 2. The highest BCUT2D eigenvalue weighted by atomic mass is 35.5. The number of carbonyl (C=O) groups is 2. The van der Waals surface area contributed by atoms with Crippen molar-refractivity contribution in [3.63, 3.8) is 0 Å². The summed E-state index contributed by atoms with van der Waals surface area (Å²) in [7, 11) is 0. The number of nitrogens with one attached hydrogen (secondary N) is 2. The fourth-order valence-electron chi connectivity index (χ4n) is 7.68. The molecule has 30 heavy (non-hydrogen) atoms. The third kappa shape index (κ3) is 4.12. The summed E-state index contributed by atoms with van der Waals surface area (Å²) in [5.74, 6) is 1.65. The van der Waals surface area contributed by atoms with Crippen LogP contribution in [0.4, 0.5) is 0 Å². The molecule has 6 aliphatic rings. The summed E-state index contributed by atoms with van der Waals surface area (Å²) in [6.07, 6.45) is 7.83. The van der Waals surface area contributed by atoms with Crippen molar-refractivity contribution in [1.82, 2.24) is 20.4 Å². The minimum atomic E-state index is -0.196. The lowest BCUT2D eigenvalue weighted by Crippen LogP contribution is -2.65. The molecule has 2 aliphatic heterocycles. The average molecular weight is 437 g/mol. The molecule has 2 unspecified atom stereocenters. The van der Waals surface area contributed by atoms with E-state index in [1.165, 1.54) is 6.42 Å². The lowest BCUT2D eigenvalue weighted by Gasteiger charge is -2.60. The Hall–Kier alpha value is -0.850. The number of hydrogen-bond acceptors (Lipinski definition) is 4. The van der Waals surface area contributed by atoms with Crippen LogP contribution in [0.2, 0.25) is 0 Å². The van der Waals surface area contributed by atoms with Gasteiger partial charge in [-0.2, -0.15) is 0 Å². The first-order valence-electron chi connectivity index (χ1n) is 11.8. The van der Waals surface area contributed by atoms with E-state index in [4.69, 9.17) is 11.6 Å². The highest BCUT2D eigenvalue weighted by Gasteiger charge is 2.57. The molecule has 6 rings (SSSR count). The van der Waals surface area contributed by atoms with Crippen molar-refractivity contribution in [3.8, 4) is 0 Å². The first-order chi connectivity index (χ1) is 14.0. The summed E-state index contributed by atoms with van der Waals surface area (Å²) in [6, 6.07) is 0.776. The number of likely N-dealkylation sites (tertiary alicyclic amines) is 2. The summed E-state index contributed by atoms with van der Waals surface area (Å²) >= 11 is 6.92. The quantitative estimate of drug-likeness (QED) is 0.648. The van der Waals surface area contributed by atoms with Crippen LogP contribution in [-0.2, 0) is 9.59 Å². The molecule has 168 valence electrons. The van der Waals surface area contributed by atoms with E-state index < -0.39 is 0 Å². The maximum atomic E-state index is 13.0. The van der Waals surface area contributed by atoms with Crippen LogP contribution in [0.3, 0.4) is 0 Å². The van der Waals surface area contributed by atoms with Gasteiger partial charge in [0.15, 0.2) is 0 Å². The molecular weight excluding hydrogens is 400 g/mol. The largest absolute Gasteiger partial charge is 0.350 e. The van der Waals surface area contributed by atoms with Crippen LogP contribution in [0.5, 0.6) is 0 Å². The van der Waals surface area contributed by atoms with E-state index in [9.17, 15) is 9.59 Å². The Morgan fingerprint density at radius 1 is 0.933 bits per heavy atom. The van der Waals surface area contributed by atoms with E-state index in [-0.39, 0.29) is 27.8 Å². The van der Waals surface area contributed by atoms with Crippen LogP contribution in [0.15, 0.2) is 0 Å². The number of amides is 2. The van der Waals surface area contributed by atoms with E-state index in [0.717, 1.165) is 51.6 Å². The van der Waals surface area contributed by atoms with Gasteiger partial charge in [-0.25, -0.2) is 0 Å². The van der Waals surface area contributed by atoms with Crippen LogP contribution in [0.1, 0.15) is 65.7 Å². The first-order valence-corrected chi connectivity index (χ1v) is 12.2. The van der Waals surface area contributed by atoms with Crippen LogP contribution in [0, 0.1) is 11.8 Å². The number of nitrogens with zero attached hydrogens (tertiary/aromatic N) is 2. The molecule has 0 radical (unpaired) electrons. The molecule has 0 aromatic heterocycles. The van der Waals surface area contributed by atoms with Crippen LogP contribution in [-0.4, -0.2) is 75.8 Å². The Labute approximate surface area is 185 Å². The summed E-state index contributed by atoms with van der Waals surface area (Å²) < 4.78 is 0. The minimum absolute atomic E-state index is 0.0568. The van der Waals surface area contributed by atoms with Crippen molar-refractivity contribution in [2.45, 2.75) is 93.8 Å². The van der Waals surface area contributed by atoms with Gasteiger partial charge in [-0.05, 0) is 77.6 Å². The Bertz CT molecular complexity index is 721. The highest BCUT2D eigenvalue weighted by molar-refractivity contribution is 6.24. The molecule has 6 nitrogen and oxygen atoms in total. The van der Waals surface area contributed by atoms with Crippen molar-refractivity contribution in [2.24, 2.45) is 11.8 Å². The molecule has 2 heterocycles. The van der Waals surface area contributed by atoms with Crippen LogP contribution >= 0.6 is 11.6 Å². The Morgan fingerprint density at radius 3 is 2.00 bits per heavy atom. The van der Waals surface area contributed by atoms with Gasteiger partial charge in [-0.1, -0.05) is 0 Å². The molecule has 4 saturated carbocycles. The fourth-order valence-corrected chi connectivity index (χ4v) is 8.37. The zero-order chi connectivity index (χ0) is 21.3. The van der Waals surface area contributed by atoms with Crippen molar-refractivity contribution in [2.75, 3.05) is 26.2 Å². The van der Waals surface area contributed by atoms with Gasteiger partial charge in [-0.3, -0.25) is 19.4 Å². The minimum Gasteiger partial charge on any atom is -0.350 e. The van der Waals surface area contributed by atoms with E-state index in [1.54, 1.807) is 0 Å². The van der Waals surface area contributed by atoms with E-state index in [1.807, 2.05) is 20.8 Å².